The van der Waals surface area contributed by atoms with E-state index in [1.807, 2.05) is 13.8 Å². The molecule has 1 radical (unpaired) electrons. The summed E-state index contributed by atoms with van der Waals surface area (Å²) >= 11 is 4.81. The molecule has 0 aromatic heterocycles. The van der Waals surface area contributed by atoms with Crippen molar-refractivity contribution in [2.24, 2.45) is 11.3 Å². The molecule has 0 aromatic rings. The summed E-state index contributed by atoms with van der Waals surface area (Å²) in [5.74, 6) is -0.673. The van der Waals surface area contributed by atoms with Gasteiger partial charge < -0.3 is 10.6 Å². The van der Waals surface area contributed by atoms with Crippen LogP contribution in [0, 0.1) is 11.3 Å². The molecule has 95 valence electrons. The zero-order chi connectivity index (χ0) is 13.1. The number of hydrogen-bond donors (Lipinski definition) is 2. The maximum Gasteiger partial charge on any atom is 0.242 e. The Hall–Kier alpha value is -0.230. The monoisotopic (exact) mass is 277 g/mol. The molecule has 1 aliphatic rings. The van der Waals surface area contributed by atoms with Crippen molar-refractivity contribution >= 4 is 58.7 Å². The van der Waals surface area contributed by atoms with Gasteiger partial charge in [0.2, 0.25) is 11.8 Å². The van der Waals surface area contributed by atoms with E-state index in [9.17, 15) is 9.59 Å². The van der Waals surface area contributed by atoms with E-state index < -0.39 is 5.41 Å². The van der Waals surface area contributed by atoms with Crippen molar-refractivity contribution < 1.29 is 9.59 Å². The smallest absolute Gasteiger partial charge is 0.242 e. The molecule has 18 heavy (non-hydrogen) atoms. The van der Waals surface area contributed by atoms with Gasteiger partial charge in [-0.1, -0.05) is 26.3 Å². The molecule has 2 amide bonds. The van der Waals surface area contributed by atoms with Gasteiger partial charge in [-0.3, -0.25) is 9.59 Å². The molecule has 1 atom stereocenters. The number of allylic oxidation sites excluding steroid dienone is 1. The predicted molar refractivity (Wildman–Crippen MR) is 76.0 cm³/mol. The van der Waals surface area contributed by atoms with Gasteiger partial charge >= 0.3 is 0 Å². The Morgan fingerprint density at radius 3 is 2.28 bits per heavy atom. The van der Waals surface area contributed by atoms with Crippen molar-refractivity contribution in [2.45, 2.75) is 33.1 Å². The third kappa shape index (κ3) is 3.20. The molecule has 1 saturated heterocycles. The first-order valence-corrected chi connectivity index (χ1v) is 6.17. The van der Waals surface area contributed by atoms with E-state index in [0.29, 0.717) is 6.42 Å². The molecule has 1 rings (SSSR count). The quantitative estimate of drug-likeness (QED) is 0.343. The van der Waals surface area contributed by atoms with E-state index in [-0.39, 0.29) is 52.4 Å². The van der Waals surface area contributed by atoms with Crippen LogP contribution in [-0.2, 0) is 9.59 Å². The summed E-state index contributed by atoms with van der Waals surface area (Å²) in [6.07, 6.45) is 3.67. The van der Waals surface area contributed by atoms with Crippen LogP contribution in [0.2, 0.25) is 0 Å². The molecule has 0 aliphatic carbocycles. The Morgan fingerprint density at radius 2 is 1.89 bits per heavy atom. The summed E-state index contributed by atoms with van der Waals surface area (Å²) in [6, 6.07) is 0. The van der Waals surface area contributed by atoms with Crippen LogP contribution in [0.15, 0.2) is 12.7 Å². The molecule has 0 unspecified atom stereocenters. The summed E-state index contributed by atoms with van der Waals surface area (Å²) in [6.45, 7) is 7.58. The van der Waals surface area contributed by atoms with Crippen LogP contribution in [0.25, 0.3) is 0 Å². The average molecular weight is 277 g/mol. The number of amides is 2. The molecule has 1 fully saturated rings. The zero-order valence-corrected chi connectivity index (χ0v) is 14.0. The summed E-state index contributed by atoms with van der Waals surface area (Å²) in [5.41, 5.74) is -1.07. The third-order valence-corrected chi connectivity index (χ3v) is 3.50. The molecule has 0 spiro atoms. The SMILES string of the molecule is C=CCC1([C@H](C)CCC)C(=O)NC(=S)NC1=O.[Na]. The first kappa shape index (κ1) is 17.8. The van der Waals surface area contributed by atoms with Gasteiger partial charge in [0.15, 0.2) is 5.11 Å². The minimum Gasteiger partial charge on any atom is -0.302 e. The van der Waals surface area contributed by atoms with Crippen LogP contribution in [0.3, 0.4) is 0 Å². The Labute approximate surface area is 135 Å². The maximum atomic E-state index is 12.1. The molecule has 6 heteroatoms. The van der Waals surface area contributed by atoms with E-state index in [1.54, 1.807) is 6.08 Å². The van der Waals surface area contributed by atoms with E-state index in [2.05, 4.69) is 17.2 Å². The van der Waals surface area contributed by atoms with Gasteiger partial charge in [-0.2, -0.15) is 0 Å². The van der Waals surface area contributed by atoms with E-state index in [1.165, 1.54) is 0 Å². The predicted octanol–water partition coefficient (Wildman–Crippen LogP) is 1.14. The zero-order valence-electron chi connectivity index (χ0n) is 11.2. The molecule has 1 heterocycles. The fourth-order valence-electron chi connectivity index (χ4n) is 2.30. The molecule has 0 aromatic carbocycles. The standard InChI is InChI=1S/C12H18N2O2S.Na/c1-4-6-8(3)12(7-5-2)9(15)13-11(17)14-10(12)16;/h5,8H,2,4,6-7H2,1,3H3,(H2,13,14,15,16,17);/t8-;/m1./s1. The fraction of sp³-hybridized carbons (Fsp3) is 0.583. The van der Waals surface area contributed by atoms with Crippen LogP contribution in [-0.4, -0.2) is 46.5 Å². The summed E-state index contributed by atoms with van der Waals surface area (Å²) in [5, 5.41) is 5.16. The molecular formula is C12H18N2NaO2S. The first-order valence-electron chi connectivity index (χ1n) is 5.76. The number of rotatable bonds is 5. The maximum absolute atomic E-state index is 12.1. The topological polar surface area (TPSA) is 58.2 Å². The second-order valence-electron chi connectivity index (χ2n) is 4.39. The normalized spacial score (nSPS) is 19.3. The van der Waals surface area contributed by atoms with Gasteiger partial charge in [0.1, 0.15) is 5.41 Å². The van der Waals surface area contributed by atoms with Crippen molar-refractivity contribution in [1.29, 1.82) is 0 Å². The van der Waals surface area contributed by atoms with Gasteiger partial charge in [-0.15, -0.1) is 6.58 Å². The van der Waals surface area contributed by atoms with Crippen LogP contribution in [0.5, 0.6) is 0 Å². The number of carbonyl (C=O) groups is 2. The van der Waals surface area contributed by atoms with Crippen molar-refractivity contribution in [3.63, 3.8) is 0 Å². The third-order valence-electron chi connectivity index (χ3n) is 3.29. The summed E-state index contributed by atoms with van der Waals surface area (Å²) < 4.78 is 0. The summed E-state index contributed by atoms with van der Waals surface area (Å²) in [7, 11) is 0. The number of carbonyl (C=O) groups excluding carboxylic acids is 2. The molecule has 0 bridgehead atoms. The second-order valence-corrected chi connectivity index (χ2v) is 4.80. The van der Waals surface area contributed by atoms with Crippen LogP contribution < -0.4 is 10.6 Å². The van der Waals surface area contributed by atoms with Crippen molar-refractivity contribution in [2.75, 3.05) is 0 Å². The molecular weight excluding hydrogens is 259 g/mol. The Balaban J connectivity index is 0.00000289. The molecule has 0 saturated carbocycles. The van der Waals surface area contributed by atoms with Gasteiger partial charge in [0, 0.05) is 29.6 Å². The first-order chi connectivity index (χ1) is 7.98. The van der Waals surface area contributed by atoms with Gasteiger partial charge in [0.25, 0.3) is 0 Å². The Morgan fingerprint density at radius 1 is 1.39 bits per heavy atom. The van der Waals surface area contributed by atoms with Crippen LogP contribution in [0.4, 0.5) is 0 Å². The molecule has 2 N–H and O–H groups in total. The fourth-order valence-corrected chi connectivity index (χ4v) is 2.49. The van der Waals surface area contributed by atoms with E-state index >= 15 is 0 Å². The van der Waals surface area contributed by atoms with Gasteiger partial charge in [0.05, 0.1) is 0 Å². The van der Waals surface area contributed by atoms with E-state index in [0.717, 1.165) is 12.8 Å². The van der Waals surface area contributed by atoms with Crippen molar-refractivity contribution in [3.8, 4) is 0 Å². The average Bonchev–Trinajstić information content (AvgIpc) is 2.23. The Kier molecular flexibility index (Phi) is 7.29. The van der Waals surface area contributed by atoms with Crippen molar-refractivity contribution in [3.05, 3.63) is 12.7 Å². The van der Waals surface area contributed by atoms with Crippen LogP contribution in [0.1, 0.15) is 33.1 Å². The number of nitrogens with one attached hydrogen (secondary N) is 2. The second kappa shape index (κ2) is 7.38. The number of hydrogen-bond acceptors (Lipinski definition) is 3. The number of thiocarbonyl (C=S) groups is 1. The summed E-state index contributed by atoms with van der Waals surface area (Å²) in [4.78, 5) is 24.3. The van der Waals surface area contributed by atoms with Crippen LogP contribution >= 0.6 is 12.2 Å². The Bertz CT molecular complexity index is 351. The molecule has 4 nitrogen and oxygen atoms in total. The van der Waals surface area contributed by atoms with Gasteiger partial charge in [-0.25, -0.2) is 0 Å². The minimum absolute atomic E-state index is 0. The largest absolute Gasteiger partial charge is 0.302 e. The van der Waals surface area contributed by atoms with Crippen molar-refractivity contribution in [1.82, 2.24) is 10.6 Å². The molecule has 1 aliphatic heterocycles. The minimum atomic E-state index is -1.07. The van der Waals surface area contributed by atoms with E-state index in [4.69, 9.17) is 12.2 Å². The van der Waals surface area contributed by atoms with Gasteiger partial charge in [-0.05, 0) is 31.0 Å².